The maximum absolute atomic E-state index is 14.4. The number of para-hydroxylation sites is 1. The number of amidine groups is 1. The minimum atomic E-state index is -0.667. The van der Waals surface area contributed by atoms with Gasteiger partial charge >= 0.3 is 6.03 Å². The second-order valence-corrected chi connectivity index (χ2v) is 9.01. The van der Waals surface area contributed by atoms with E-state index in [1.54, 1.807) is 42.3 Å². The second kappa shape index (κ2) is 9.99. The molecule has 0 bridgehead atoms. The monoisotopic (exact) mass is 506 g/mol. The molecule has 2 atom stereocenters. The number of piperazine rings is 1. The van der Waals surface area contributed by atoms with Crippen molar-refractivity contribution in [2.75, 3.05) is 26.7 Å². The van der Waals surface area contributed by atoms with Crippen molar-refractivity contribution in [2.24, 2.45) is 4.99 Å². The molecular formula is C27H24ClFN4O3. The van der Waals surface area contributed by atoms with Crippen LogP contribution in [0.2, 0.25) is 5.02 Å². The number of halogens is 2. The lowest BCUT2D eigenvalue weighted by Gasteiger charge is -2.35. The summed E-state index contributed by atoms with van der Waals surface area (Å²) in [4.78, 5) is 34.3. The van der Waals surface area contributed by atoms with Crippen LogP contribution < -0.4 is 10.1 Å². The van der Waals surface area contributed by atoms with E-state index in [1.165, 1.54) is 17.0 Å². The molecule has 36 heavy (non-hydrogen) atoms. The van der Waals surface area contributed by atoms with Crippen LogP contribution >= 0.6 is 11.6 Å². The normalized spacial score (nSPS) is 19.6. The van der Waals surface area contributed by atoms with Crippen LogP contribution in [0.15, 0.2) is 77.8 Å². The smallest absolute Gasteiger partial charge is 0.326 e. The van der Waals surface area contributed by atoms with Crippen molar-refractivity contribution < 1.29 is 18.7 Å². The number of amides is 3. The van der Waals surface area contributed by atoms with Crippen LogP contribution in [0.4, 0.5) is 9.18 Å². The summed E-state index contributed by atoms with van der Waals surface area (Å²) in [7, 11) is 1.55. The molecule has 3 amide bonds. The summed E-state index contributed by atoms with van der Waals surface area (Å²) in [5.41, 5.74) is 2.01. The number of nitrogens with zero attached hydrogens (tertiary/aromatic N) is 3. The van der Waals surface area contributed by atoms with Crippen molar-refractivity contribution >= 4 is 29.4 Å². The molecule has 5 rings (SSSR count). The number of carbonyl (C=O) groups is 2. The highest BCUT2D eigenvalue weighted by atomic mass is 35.5. The van der Waals surface area contributed by atoms with E-state index in [-0.39, 0.29) is 18.5 Å². The predicted octanol–water partition coefficient (Wildman–Crippen LogP) is 4.58. The van der Waals surface area contributed by atoms with E-state index in [1.807, 2.05) is 30.3 Å². The average molecular weight is 507 g/mol. The summed E-state index contributed by atoms with van der Waals surface area (Å²) in [5, 5.41) is 3.31. The highest BCUT2D eigenvalue weighted by Crippen LogP contribution is 2.45. The topological polar surface area (TPSA) is 74.2 Å². The number of benzene rings is 3. The molecule has 184 valence electrons. The Hall–Kier alpha value is -3.91. The van der Waals surface area contributed by atoms with Crippen molar-refractivity contribution in [3.05, 3.63) is 100 Å². The van der Waals surface area contributed by atoms with Crippen molar-refractivity contribution in [3.63, 3.8) is 0 Å². The largest absolute Gasteiger partial charge is 0.496 e. The third kappa shape index (κ3) is 4.52. The van der Waals surface area contributed by atoms with Gasteiger partial charge in [0.1, 0.15) is 30.0 Å². The number of rotatable bonds is 4. The molecule has 0 spiro atoms. The van der Waals surface area contributed by atoms with Gasteiger partial charge in [-0.3, -0.25) is 14.7 Å². The zero-order valence-electron chi connectivity index (χ0n) is 19.5. The average Bonchev–Trinajstić information content (AvgIpc) is 3.29. The molecule has 2 unspecified atom stereocenters. The van der Waals surface area contributed by atoms with Gasteiger partial charge in [-0.1, -0.05) is 48.0 Å². The van der Waals surface area contributed by atoms with Crippen LogP contribution in [0, 0.1) is 5.82 Å². The molecule has 0 aromatic heterocycles. The standard InChI is InChI=1S/C27H24ClFN4O3/c1-36-22-8-3-2-7-21(22)26-31-24(17-9-11-19(28)12-10-17)25(18-5-4-6-20(29)15-18)33(26)27(35)32-14-13-30-23(34)16-32/h2-12,15,24-25H,13-14,16H2,1H3,(H,30,34). The van der Waals surface area contributed by atoms with Crippen LogP contribution in [0.1, 0.15) is 28.8 Å². The summed E-state index contributed by atoms with van der Waals surface area (Å²) in [6.45, 7) is 0.628. The first kappa shape index (κ1) is 23.8. The fraction of sp³-hybridized carbons (Fsp3) is 0.222. The molecule has 1 fully saturated rings. The first-order valence-electron chi connectivity index (χ1n) is 11.5. The van der Waals surface area contributed by atoms with Gasteiger partial charge in [-0.2, -0.15) is 0 Å². The molecule has 2 aliphatic rings. The molecule has 1 N–H and O–H groups in total. The molecule has 1 saturated heterocycles. The summed E-state index contributed by atoms with van der Waals surface area (Å²) < 4.78 is 20.0. The van der Waals surface area contributed by atoms with E-state index in [0.29, 0.717) is 40.8 Å². The van der Waals surface area contributed by atoms with E-state index in [9.17, 15) is 14.0 Å². The number of methoxy groups -OCH3 is 1. The fourth-order valence-corrected chi connectivity index (χ4v) is 4.79. The molecule has 9 heteroatoms. The number of aliphatic imine (C=N–C) groups is 1. The molecule has 0 saturated carbocycles. The lowest BCUT2D eigenvalue weighted by molar-refractivity contribution is -0.123. The summed E-state index contributed by atoms with van der Waals surface area (Å²) >= 11 is 6.14. The zero-order chi connectivity index (χ0) is 25.2. The van der Waals surface area contributed by atoms with Gasteiger partial charge in [0.2, 0.25) is 5.91 Å². The minimum Gasteiger partial charge on any atom is -0.496 e. The van der Waals surface area contributed by atoms with Crippen molar-refractivity contribution in [3.8, 4) is 5.75 Å². The maximum atomic E-state index is 14.4. The van der Waals surface area contributed by atoms with E-state index in [0.717, 1.165) is 5.56 Å². The molecule has 2 aliphatic heterocycles. The summed E-state index contributed by atoms with van der Waals surface area (Å²) in [6, 6.07) is 19.1. The predicted molar refractivity (Wildman–Crippen MR) is 135 cm³/mol. The Morgan fingerprint density at radius 1 is 1.08 bits per heavy atom. The molecule has 3 aromatic rings. The maximum Gasteiger partial charge on any atom is 0.326 e. The molecule has 7 nitrogen and oxygen atoms in total. The number of ether oxygens (including phenoxy) is 1. The third-order valence-electron chi connectivity index (χ3n) is 6.33. The first-order valence-corrected chi connectivity index (χ1v) is 11.9. The van der Waals surface area contributed by atoms with Crippen LogP contribution in [0.25, 0.3) is 0 Å². The lowest BCUT2D eigenvalue weighted by Crippen LogP contribution is -2.55. The quantitative estimate of drug-likeness (QED) is 0.562. The SMILES string of the molecule is COc1ccccc1C1=NC(c2ccc(Cl)cc2)C(c2cccc(F)c2)N1C(=O)N1CCNC(=O)C1. The Bertz CT molecular complexity index is 1330. The van der Waals surface area contributed by atoms with Gasteiger partial charge in [0, 0.05) is 18.1 Å². The highest BCUT2D eigenvalue weighted by Gasteiger charge is 2.45. The summed E-state index contributed by atoms with van der Waals surface area (Å²) in [5.74, 6) is 0.275. The number of hydrogen-bond acceptors (Lipinski definition) is 4. The van der Waals surface area contributed by atoms with Crippen LogP contribution in [0.5, 0.6) is 5.75 Å². The Balaban J connectivity index is 1.70. The fourth-order valence-electron chi connectivity index (χ4n) is 4.67. The zero-order valence-corrected chi connectivity index (χ0v) is 20.3. The molecule has 0 aliphatic carbocycles. The Morgan fingerprint density at radius 2 is 1.86 bits per heavy atom. The van der Waals surface area contributed by atoms with Gasteiger partial charge in [-0.05, 0) is 47.5 Å². The Kier molecular flexibility index (Phi) is 6.61. The van der Waals surface area contributed by atoms with Crippen LogP contribution in [-0.4, -0.2) is 54.3 Å². The van der Waals surface area contributed by atoms with E-state index in [4.69, 9.17) is 21.3 Å². The molecule has 2 heterocycles. The molecule has 3 aromatic carbocycles. The highest BCUT2D eigenvalue weighted by molar-refractivity contribution is 6.30. The van der Waals surface area contributed by atoms with E-state index < -0.39 is 17.9 Å². The van der Waals surface area contributed by atoms with E-state index >= 15 is 0 Å². The third-order valence-corrected chi connectivity index (χ3v) is 6.58. The molecular weight excluding hydrogens is 483 g/mol. The van der Waals surface area contributed by atoms with Gasteiger partial charge < -0.3 is 15.0 Å². The van der Waals surface area contributed by atoms with Gasteiger partial charge in [0.15, 0.2) is 0 Å². The number of urea groups is 1. The molecule has 0 radical (unpaired) electrons. The Morgan fingerprint density at radius 3 is 2.58 bits per heavy atom. The number of hydrogen-bond donors (Lipinski definition) is 1. The van der Waals surface area contributed by atoms with Crippen LogP contribution in [-0.2, 0) is 4.79 Å². The van der Waals surface area contributed by atoms with Gasteiger partial charge in [0.25, 0.3) is 0 Å². The van der Waals surface area contributed by atoms with E-state index in [2.05, 4.69) is 5.32 Å². The van der Waals surface area contributed by atoms with Crippen molar-refractivity contribution in [1.82, 2.24) is 15.1 Å². The summed E-state index contributed by atoms with van der Waals surface area (Å²) in [6.07, 6.45) is 0. The van der Waals surface area contributed by atoms with Gasteiger partial charge in [-0.15, -0.1) is 0 Å². The number of carbonyl (C=O) groups excluding carboxylic acids is 2. The Labute approximate surface area is 213 Å². The number of nitrogens with one attached hydrogen (secondary N) is 1. The van der Waals surface area contributed by atoms with Gasteiger partial charge in [-0.25, -0.2) is 9.18 Å². The second-order valence-electron chi connectivity index (χ2n) is 8.57. The van der Waals surface area contributed by atoms with Gasteiger partial charge in [0.05, 0.1) is 18.7 Å². The van der Waals surface area contributed by atoms with Crippen molar-refractivity contribution in [1.29, 1.82) is 0 Å². The van der Waals surface area contributed by atoms with Crippen molar-refractivity contribution in [2.45, 2.75) is 12.1 Å². The van der Waals surface area contributed by atoms with Crippen LogP contribution in [0.3, 0.4) is 0 Å². The first-order chi connectivity index (χ1) is 17.5. The lowest BCUT2D eigenvalue weighted by atomic mass is 9.93. The minimum absolute atomic E-state index is 0.0734.